The van der Waals surface area contributed by atoms with Gasteiger partial charge in [-0.3, -0.25) is 0 Å². The van der Waals surface area contributed by atoms with Crippen molar-refractivity contribution in [2.24, 2.45) is 0 Å². The third kappa shape index (κ3) is 2.38. The highest BCUT2D eigenvalue weighted by molar-refractivity contribution is 5.46. The summed E-state index contributed by atoms with van der Waals surface area (Å²) in [5.41, 5.74) is 8.07. The molecule has 0 saturated heterocycles. The predicted molar refractivity (Wildman–Crippen MR) is 63.1 cm³/mol. The van der Waals surface area contributed by atoms with Gasteiger partial charge in [0.25, 0.3) is 0 Å². The van der Waals surface area contributed by atoms with Crippen molar-refractivity contribution in [2.75, 3.05) is 5.73 Å². The van der Waals surface area contributed by atoms with E-state index in [0.717, 1.165) is 11.4 Å². The second kappa shape index (κ2) is 4.45. The van der Waals surface area contributed by atoms with Crippen LogP contribution in [0.5, 0.6) is 5.75 Å². The number of nitrogen functional groups attached to an aromatic ring is 1. The molecule has 0 fully saturated rings. The first kappa shape index (κ1) is 11.4. The highest BCUT2D eigenvalue weighted by atomic mass is 19.1. The van der Waals surface area contributed by atoms with Gasteiger partial charge in [0.15, 0.2) is 6.73 Å². The van der Waals surface area contributed by atoms with Gasteiger partial charge in [-0.2, -0.15) is 5.10 Å². The molecular weight excluding hydrogens is 221 g/mol. The van der Waals surface area contributed by atoms with Gasteiger partial charge in [-0.1, -0.05) is 6.07 Å². The van der Waals surface area contributed by atoms with Crippen LogP contribution in [0.2, 0.25) is 0 Å². The first-order valence-corrected chi connectivity index (χ1v) is 5.26. The molecule has 0 amide bonds. The molecule has 0 aliphatic heterocycles. The summed E-state index contributed by atoms with van der Waals surface area (Å²) in [6.07, 6.45) is 0. The minimum absolute atomic E-state index is 0.216. The summed E-state index contributed by atoms with van der Waals surface area (Å²) in [5.74, 6) is 0.145. The lowest BCUT2D eigenvalue weighted by molar-refractivity contribution is 0.217. The number of rotatable bonds is 3. The number of halogens is 1. The van der Waals surface area contributed by atoms with Crippen LogP contribution in [-0.4, -0.2) is 9.78 Å². The highest BCUT2D eigenvalue weighted by Gasteiger charge is 2.08. The maximum atomic E-state index is 12.9. The molecule has 2 N–H and O–H groups in total. The van der Waals surface area contributed by atoms with Crippen molar-refractivity contribution in [2.45, 2.75) is 20.6 Å². The molecule has 0 spiro atoms. The molecule has 1 aromatic heterocycles. The lowest BCUT2D eigenvalue weighted by Crippen LogP contribution is -2.09. The molecule has 0 aliphatic carbocycles. The van der Waals surface area contributed by atoms with Crippen LogP contribution in [0, 0.1) is 19.7 Å². The fourth-order valence-electron chi connectivity index (χ4n) is 1.53. The van der Waals surface area contributed by atoms with E-state index in [1.807, 2.05) is 13.8 Å². The molecule has 0 radical (unpaired) electrons. The Kier molecular flexibility index (Phi) is 2.99. The summed E-state index contributed by atoms with van der Waals surface area (Å²) < 4.78 is 20.0. The number of hydrogen-bond acceptors (Lipinski definition) is 3. The summed E-state index contributed by atoms with van der Waals surface area (Å²) in [6.45, 7) is 3.92. The number of aryl methyl sites for hydroxylation is 1. The SMILES string of the molecule is Cc1nn(COc2cccc(F)c2)c(C)c1N. The average molecular weight is 235 g/mol. The molecule has 5 heteroatoms. The largest absolute Gasteiger partial charge is 0.471 e. The molecular formula is C12H14FN3O. The topological polar surface area (TPSA) is 53.1 Å². The molecule has 1 aromatic carbocycles. The van der Waals surface area contributed by atoms with Crippen molar-refractivity contribution in [3.05, 3.63) is 41.5 Å². The van der Waals surface area contributed by atoms with Crippen LogP contribution in [0.25, 0.3) is 0 Å². The van der Waals surface area contributed by atoms with Crippen LogP contribution in [0.1, 0.15) is 11.4 Å². The fourth-order valence-corrected chi connectivity index (χ4v) is 1.53. The molecule has 0 bridgehead atoms. The second-order valence-electron chi connectivity index (χ2n) is 3.81. The zero-order valence-electron chi connectivity index (χ0n) is 9.77. The zero-order chi connectivity index (χ0) is 12.4. The summed E-state index contributed by atoms with van der Waals surface area (Å²) in [5, 5.41) is 4.22. The number of ether oxygens (including phenoxy) is 1. The molecule has 0 atom stereocenters. The molecule has 0 saturated carbocycles. The lowest BCUT2D eigenvalue weighted by atomic mass is 10.3. The molecule has 4 nitrogen and oxygen atoms in total. The second-order valence-corrected chi connectivity index (χ2v) is 3.81. The third-order valence-electron chi connectivity index (χ3n) is 2.59. The van der Waals surface area contributed by atoms with E-state index < -0.39 is 0 Å². The van der Waals surface area contributed by atoms with Crippen molar-refractivity contribution in [1.82, 2.24) is 9.78 Å². The number of anilines is 1. The van der Waals surface area contributed by atoms with Crippen molar-refractivity contribution in [1.29, 1.82) is 0 Å². The normalized spacial score (nSPS) is 10.5. The maximum Gasteiger partial charge on any atom is 0.181 e. The van der Waals surface area contributed by atoms with E-state index in [-0.39, 0.29) is 12.5 Å². The summed E-state index contributed by atoms with van der Waals surface area (Å²) in [4.78, 5) is 0. The molecule has 2 aromatic rings. The first-order chi connectivity index (χ1) is 8.08. The Morgan fingerprint density at radius 1 is 1.41 bits per heavy atom. The van der Waals surface area contributed by atoms with Crippen molar-refractivity contribution in [3.8, 4) is 5.75 Å². The molecule has 0 aliphatic rings. The molecule has 0 unspecified atom stereocenters. The summed E-state index contributed by atoms with van der Waals surface area (Å²) in [6, 6.07) is 5.99. The van der Waals surface area contributed by atoms with Gasteiger partial charge in [0.05, 0.1) is 17.1 Å². The van der Waals surface area contributed by atoms with Crippen LogP contribution < -0.4 is 10.5 Å². The Morgan fingerprint density at radius 2 is 2.18 bits per heavy atom. The van der Waals surface area contributed by atoms with E-state index in [2.05, 4.69) is 5.10 Å². The van der Waals surface area contributed by atoms with E-state index in [0.29, 0.717) is 11.4 Å². The predicted octanol–water partition coefficient (Wildman–Crippen LogP) is 2.26. The smallest absolute Gasteiger partial charge is 0.181 e. The molecule has 1 heterocycles. The van der Waals surface area contributed by atoms with Crippen molar-refractivity contribution in [3.63, 3.8) is 0 Å². The van der Waals surface area contributed by atoms with Gasteiger partial charge in [0.1, 0.15) is 11.6 Å². The van der Waals surface area contributed by atoms with E-state index in [9.17, 15) is 4.39 Å². The molecule has 90 valence electrons. The molecule has 17 heavy (non-hydrogen) atoms. The van der Waals surface area contributed by atoms with Gasteiger partial charge in [0, 0.05) is 6.07 Å². The quantitative estimate of drug-likeness (QED) is 0.887. The van der Waals surface area contributed by atoms with E-state index in [1.54, 1.807) is 16.8 Å². The lowest BCUT2D eigenvalue weighted by Gasteiger charge is -2.07. The standard InChI is InChI=1S/C12H14FN3O/c1-8-12(14)9(2)16(15-8)7-17-11-5-3-4-10(13)6-11/h3-6H,7,14H2,1-2H3. The zero-order valence-corrected chi connectivity index (χ0v) is 9.77. The minimum Gasteiger partial charge on any atom is -0.471 e. The van der Waals surface area contributed by atoms with E-state index in [4.69, 9.17) is 10.5 Å². The number of benzene rings is 1. The number of hydrogen-bond donors (Lipinski definition) is 1. The van der Waals surface area contributed by atoms with Gasteiger partial charge in [-0.15, -0.1) is 0 Å². The fraction of sp³-hybridized carbons (Fsp3) is 0.250. The van der Waals surface area contributed by atoms with Crippen LogP contribution >= 0.6 is 0 Å². The average Bonchev–Trinajstić information content (AvgIpc) is 2.54. The van der Waals surface area contributed by atoms with Crippen molar-refractivity contribution < 1.29 is 9.13 Å². The van der Waals surface area contributed by atoms with E-state index in [1.165, 1.54) is 12.1 Å². The van der Waals surface area contributed by atoms with Crippen LogP contribution in [-0.2, 0) is 6.73 Å². The van der Waals surface area contributed by atoms with Gasteiger partial charge in [0.2, 0.25) is 0 Å². The van der Waals surface area contributed by atoms with E-state index >= 15 is 0 Å². The summed E-state index contributed by atoms with van der Waals surface area (Å²) >= 11 is 0. The van der Waals surface area contributed by atoms with Crippen LogP contribution in [0.15, 0.2) is 24.3 Å². The Balaban J connectivity index is 2.10. The first-order valence-electron chi connectivity index (χ1n) is 5.26. The minimum atomic E-state index is -0.324. The van der Waals surface area contributed by atoms with Gasteiger partial charge < -0.3 is 10.5 Å². The monoisotopic (exact) mass is 235 g/mol. The van der Waals surface area contributed by atoms with Crippen LogP contribution in [0.4, 0.5) is 10.1 Å². The van der Waals surface area contributed by atoms with Gasteiger partial charge in [-0.05, 0) is 26.0 Å². The number of nitrogens with zero attached hydrogens (tertiary/aromatic N) is 2. The Morgan fingerprint density at radius 3 is 2.76 bits per heavy atom. The number of aromatic nitrogens is 2. The Labute approximate surface area is 98.8 Å². The Bertz CT molecular complexity index is 537. The highest BCUT2D eigenvalue weighted by Crippen LogP contribution is 2.16. The Hall–Kier alpha value is -2.04. The van der Waals surface area contributed by atoms with Crippen molar-refractivity contribution >= 4 is 5.69 Å². The molecule has 2 rings (SSSR count). The maximum absolute atomic E-state index is 12.9. The van der Waals surface area contributed by atoms with Gasteiger partial charge >= 0.3 is 0 Å². The number of nitrogens with two attached hydrogens (primary N) is 1. The van der Waals surface area contributed by atoms with Crippen LogP contribution in [0.3, 0.4) is 0 Å². The summed E-state index contributed by atoms with van der Waals surface area (Å²) in [7, 11) is 0. The third-order valence-corrected chi connectivity index (χ3v) is 2.59. The van der Waals surface area contributed by atoms with Gasteiger partial charge in [-0.25, -0.2) is 9.07 Å².